The first kappa shape index (κ1) is 16.8. The minimum atomic E-state index is -0.569. The molecule has 5 heteroatoms. The third-order valence-corrected chi connectivity index (χ3v) is 2.13. The number of nitrogens with one attached hydrogen (secondary N) is 1. The number of aliphatic hydroxyl groups is 1. The molecule has 0 aliphatic heterocycles. The highest BCUT2D eigenvalue weighted by atomic mass is 16.5. The quantitative estimate of drug-likeness (QED) is 0.491. The van der Waals surface area contributed by atoms with Gasteiger partial charge in [-0.25, -0.2) is 0 Å². The van der Waals surface area contributed by atoms with Crippen LogP contribution < -0.4 is 5.32 Å². The molecule has 0 aliphatic carbocycles. The Labute approximate surface area is 104 Å². The molecule has 0 aromatic rings. The number of rotatable bonds is 12. The number of hydrogen-bond donors (Lipinski definition) is 2. The smallest absolute Gasteiger partial charge is 0.101 e. The first-order valence-electron chi connectivity index (χ1n) is 6.27. The molecule has 0 aliphatic rings. The molecule has 2 unspecified atom stereocenters. The van der Waals surface area contributed by atoms with Crippen LogP contribution in [0.15, 0.2) is 0 Å². The fourth-order valence-electron chi connectivity index (χ4n) is 1.27. The second kappa shape index (κ2) is 12.3. The molecule has 0 saturated carbocycles. The molecule has 0 heterocycles. The van der Waals surface area contributed by atoms with Gasteiger partial charge in [-0.1, -0.05) is 6.92 Å². The Hall–Kier alpha value is -0.200. The van der Waals surface area contributed by atoms with E-state index in [1.54, 1.807) is 7.11 Å². The van der Waals surface area contributed by atoms with Crippen LogP contribution in [0.3, 0.4) is 0 Å². The lowest BCUT2D eigenvalue weighted by Gasteiger charge is -2.16. The molecule has 0 amide bonds. The van der Waals surface area contributed by atoms with Gasteiger partial charge in [0.1, 0.15) is 6.10 Å². The topological polar surface area (TPSA) is 60.0 Å². The van der Waals surface area contributed by atoms with E-state index in [4.69, 9.17) is 14.2 Å². The van der Waals surface area contributed by atoms with Crippen molar-refractivity contribution in [2.45, 2.75) is 32.5 Å². The van der Waals surface area contributed by atoms with Crippen molar-refractivity contribution in [3.8, 4) is 0 Å². The summed E-state index contributed by atoms with van der Waals surface area (Å²) in [6, 6.07) is 0. The number of hydrogen-bond acceptors (Lipinski definition) is 5. The van der Waals surface area contributed by atoms with Gasteiger partial charge in [0.25, 0.3) is 0 Å². The van der Waals surface area contributed by atoms with Crippen LogP contribution in [0, 0.1) is 0 Å². The van der Waals surface area contributed by atoms with Gasteiger partial charge < -0.3 is 24.6 Å². The van der Waals surface area contributed by atoms with Crippen molar-refractivity contribution in [3.05, 3.63) is 0 Å². The average molecular weight is 249 g/mol. The van der Waals surface area contributed by atoms with Crippen molar-refractivity contribution in [2.75, 3.05) is 46.6 Å². The molecular formula is C12H27NO4. The molecule has 0 spiro atoms. The van der Waals surface area contributed by atoms with Crippen LogP contribution >= 0.6 is 0 Å². The molecule has 2 N–H and O–H groups in total. The zero-order valence-electron chi connectivity index (χ0n) is 11.3. The average Bonchev–Trinajstić information content (AvgIpc) is 2.31. The van der Waals surface area contributed by atoms with E-state index in [1.165, 1.54) is 0 Å². The highest BCUT2D eigenvalue weighted by Crippen LogP contribution is 1.94. The highest BCUT2D eigenvalue weighted by molar-refractivity contribution is 4.55. The molecule has 0 saturated heterocycles. The minimum absolute atomic E-state index is 0.000806. The van der Waals surface area contributed by atoms with E-state index in [1.807, 2.05) is 6.92 Å². The SMILES string of the molecule is CCCNCCOCC(O)COC(C)COC. The Balaban J connectivity index is 3.25. The van der Waals surface area contributed by atoms with E-state index in [0.29, 0.717) is 19.8 Å². The monoisotopic (exact) mass is 249 g/mol. The Morgan fingerprint density at radius 2 is 1.94 bits per heavy atom. The van der Waals surface area contributed by atoms with Crippen LogP contribution in [-0.4, -0.2) is 63.9 Å². The number of methoxy groups -OCH3 is 1. The molecular weight excluding hydrogens is 222 g/mol. The van der Waals surface area contributed by atoms with E-state index >= 15 is 0 Å². The molecule has 17 heavy (non-hydrogen) atoms. The predicted octanol–water partition coefficient (Wildman–Crippen LogP) is 0.415. The highest BCUT2D eigenvalue weighted by Gasteiger charge is 2.07. The van der Waals surface area contributed by atoms with E-state index in [2.05, 4.69) is 12.2 Å². The summed E-state index contributed by atoms with van der Waals surface area (Å²) in [5.74, 6) is 0. The summed E-state index contributed by atoms with van der Waals surface area (Å²) in [4.78, 5) is 0. The summed E-state index contributed by atoms with van der Waals surface area (Å²) in [7, 11) is 1.63. The van der Waals surface area contributed by atoms with Gasteiger partial charge in [-0.2, -0.15) is 0 Å². The van der Waals surface area contributed by atoms with Gasteiger partial charge >= 0.3 is 0 Å². The van der Waals surface area contributed by atoms with Gasteiger partial charge in [0.2, 0.25) is 0 Å². The predicted molar refractivity (Wildman–Crippen MR) is 67.3 cm³/mol. The summed E-state index contributed by atoms with van der Waals surface area (Å²) < 4.78 is 15.6. The molecule has 0 aromatic heterocycles. The molecule has 0 aromatic carbocycles. The van der Waals surface area contributed by atoms with Crippen LogP contribution in [0.5, 0.6) is 0 Å². The summed E-state index contributed by atoms with van der Waals surface area (Å²) in [5.41, 5.74) is 0. The normalized spacial score (nSPS) is 14.8. The van der Waals surface area contributed by atoms with Crippen LogP contribution in [0.4, 0.5) is 0 Å². The van der Waals surface area contributed by atoms with Crippen molar-refractivity contribution in [1.29, 1.82) is 0 Å². The van der Waals surface area contributed by atoms with Gasteiger partial charge in [0, 0.05) is 13.7 Å². The van der Waals surface area contributed by atoms with Crippen molar-refractivity contribution < 1.29 is 19.3 Å². The first-order valence-corrected chi connectivity index (χ1v) is 6.27. The summed E-state index contributed by atoms with van der Waals surface area (Å²) >= 11 is 0. The molecule has 5 nitrogen and oxygen atoms in total. The van der Waals surface area contributed by atoms with Crippen molar-refractivity contribution in [1.82, 2.24) is 5.32 Å². The lowest BCUT2D eigenvalue weighted by atomic mass is 10.4. The maximum Gasteiger partial charge on any atom is 0.101 e. The second-order valence-electron chi connectivity index (χ2n) is 4.08. The summed E-state index contributed by atoms with van der Waals surface area (Å²) in [6.07, 6.45) is 0.551. The summed E-state index contributed by atoms with van der Waals surface area (Å²) in [6.45, 7) is 7.60. The van der Waals surface area contributed by atoms with Crippen LogP contribution in [0.25, 0.3) is 0 Å². The van der Waals surface area contributed by atoms with E-state index in [9.17, 15) is 5.11 Å². The number of ether oxygens (including phenoxy) is 3. The maximum absolute atomic E-state index is 9.56. The Morgan fingerprint density at radius 3 is 2.59 bits per heavy atom. The Morgan fingerprint density at radius 1 is 1.18 bits per heavy atom. The van der Waals surface area contributed by atoms with Gasteiger partial charge in [0.05, 0.1) is 32.5 Å². The minimum Gasteiger partial charge on any atom is -0.388 e. The Kier molecular flexibility index (Phi) is 12.1. The maximum atomic E-state index is 9.56. The molecule has 104 valence electrons. The first-order chi connectivity index (χ1) is 8.20. The van der Waals surface area contributed by atoms with Crippen molar-refractivity contribution in [3.63, 3.8) is 0 Å². The third-order valence-electron chi connectivity index (χ3n) is 2.13. The molecule has 0 bridgehead atoms. The number of aliphatic hydroxyl groups excluding tert-OH is 1. The molecule has 0 rings (SSSR count). The zero-order chi connectivity index (χ0) is 12.9. The fraction of sp³-hybridized carbons (Fsp3) is 1.00. The van der Waals surface area contributed by atoms with E-state index in [-0.39, 0.29) is 12.7 Å². The lowest BCUT2D eigenvalue weighted by molar-refractivity contribution is -0.0562. The van der Waals surface area contributed by atoms with Crippen LogP contribution in [-0.2, 0) is 14.2 Å². The fourth-order valence-corrected chi connectivity index (χ4v) is 1.27. The van der Waals surface area contributed by atoms with E-state index < -0.39 is 6.10 Å². The van der Waals surface area contributed by atoms with Gasteiger partial charge in [-0.15, -0.1) is 0 Å². The summed E-state index contributed by atoms with van der Waals surface area (Å²) in [5, 5.41) is 12.8. The second-order valence-corrected chi connectivity index (χ2v) is 4.08. The van der Waals surface area contributed by atoms with Crippen molar-refractivity contribution in [2.24, 2.45) is 0 Å². The van der Waals surface area contributed by atoms with Gasteiger partial charge in [0.15, 0.2) is 0 Å². The zero-order valence-corrected chi connectivity index (χ0v) is 11.3. The van der Waals surface area contributed by atoms with Crippen molar-refractivity contribution >= 4 is 0 Å². The van der Waals surface area contributed by atoms with Crippen LogP contribution in [0.2, 0.25) is 0 Å². The molecule has 0 fully saturated rings. The van der Waals surface area contributed by atoms with Crippen LogP contribution in [0.1, 0.15) is 20.3 Å². The molecule has 2 atom stereocenters. The largest absolute Gasteiger partial charge is 0.388 e. The Bertz CT molecular complexity index is 157. The lowest BCUT2D eigenvalue weighted by Crippen LogP contribution is -2.28. The van der Waals surface area contributed by atoms with Gasteiger partial charge in [-0.3, -0.25) is 0 Å². The van der Waals surface area contributed by atoms with Gasteiger partial charge in [-0.05, 0) is 19.9 Å². The molecule has 0 radical (unpaired) electrons. The van der Waals surface area contributed by atoms with E-state index in [0.717, 1.165) is 19.5 Å². The standard InChI is InChI=1S/C12H27NO4/c1-4-5-13-6-7-16-9-12(14)10-17-11(2)8-15-3/h11-14H,4-10H2,1-3H3. The third kappa shape index (κ3) is 12.1.